The number of carbonyl (C=O) groups excluding carboxylic acids is 10. The van der Waals surface area contributed by atoms with Crippen molar-refractivity contribution in [2.24, 2.45) is 10.9 Å². The number of nitrogens with zero attached hydrogens (tertiary/aromatic N) is 2. The highest BCUT2D eigenvalue weighted by Crippen LogP contribution is 2.34. The Morgan fingerprint density at radius 2 is 1.20 bits per heavy atom. The normalized spacial score (nSPS) is 21.4. The van der Waals surface area contributed by atoms with E-state index in [4.69, 9.17) is 82.2 Å². The van der Waals surface area contributed by atoms with E-state index in [0.717, 1.165) is 14.2 Å². The van der Waals surface area contributed by atoms with Crippen LogP contribution in [0.15, 0.2) is 41.1 Å². The van der Waals surface area contributed by atoms with Crippen molar-refractivity contribution in [2.45, 2.75) is 167 Å². The number of nitrogens with one attached hydrogen (secondary N) is 5. The predicted octanol–water partition coefficient (Wildman–Crippen LogP) is 2.70. The Kier molecular flexibility index (Phi) is 34.2. The molecule has 33 nitrogen and oxygen atoms in total. The minimum absolute atomic E-state index is 0.00979. The van der Waals surface area contributed by atoms with Crippen molar-refractivity contribution in [3.8, 4) is 12.3 Å². The van der Waals surface area contributed by atoms with E-state index in [0.29, 0.717) is 52.1 Å². The number of alkyl carbamates (subject to hydrolysis) is 2. The Morgan fingerprint density at radius 1 is 0.677 bits per heavy atom. The first-order valence-electron chi connectivity index (χ1n) is 31.4. The number of esters is 2. The van der Waals surface area contributed by atoms with Gasteiger partial charge in [-0.2, -0.15) is 0 Å². The van der Waals surface area contributed by atoms with Crippen LogP contribution >= 0.6 is 0 Å². The lowest BCUT2D eigenvalue weighted by molar-refractivity contribution is -0.156. The first kappa shape index (κ1) is 80.1. The molecular formula is C63H95N7O26. The summed E-state index contributed by atoms with van der Waals surface area (Å²) in [5.74, 6) is -2.37. The average Bonchev–Trinajstić information content (AvgIpc) is 1.18. The number of unbranched alkanes of at least 4 members (excludes halogenated alkanes) is 2. The summed E-state index contributed by atoms with van der Waals surface area (Å²) >= 11 is 0. The summed E-state index contributed by atoms with van der Waals surface area (Å²) in [6, 6.07) is -3.07. The summed E-state index contributed by atoms with van der Waals surface area (Å²) < 4.78 is 87.9. The summed E-state index contributed by atoms with van der Waals surface area (Å²) in [7, 11) is 2.26. The van der Waals surface area contributed by atoms with E-state index in [9.17, 15) is 47.9 Å². The molecule has 0 spiro atoms. The van der Waals surface area contributed by atoms with Gasteiger partial charge in [-0.25, -0.2) is 28.8 Å². The van der Waals surface area contributed by atoms with Crippen LogP contribution < -0.4 is 26.6 Å². The van der Waals surface area contributed by atoms with E-state index in [2.05, 4.69) is 44.1 Å². The summed E-state index contributed by atoms with van der Waals surface area (Å²) in [6.45, 7) is 19.3. The second-order valence-electron chi connectivity index (χ2n) is 24.2. The monoisotopic (exact) mass is 1370 g/mol. The van der Waals surface area contributed by atoms with Crippen LogP contribution in [-0.4, -0.2) is 250 Å². The lowest BCUT2D eigenvalue weighted by atomic mass is 9.87. The van der Waals surface area contributed by atoms with Crippen molar-refractivity contribution < 1.29 is 124 Å². The zero-order valence-electron chi connectivity index (χ0n) is 56.6. The van der Waals surface area contributed by atoms with Crippen LogP contribution in [0.1, 0.15) is 101 Å². The minimum Gasteiger partial charge on any atom is -0.480 e. The van der Waals surface area contributed by atoms with Crippen molar-refractivity contribution in [3.05, 3.63) is 36.1 Å². The molecule has 5 amide bonds. The maximum absolute atomic E-state index is 13.8. The Morgan fingerprint density at radius 3 is 1.74 bits per heavy atom. The molecule has 4 heterocycles. The van der Waals surface area contributed by atoms with Gasteiger partial charge < -0.3 is 96.6 Å². The molecule has 4 aliphatic rings. The number of rotatable bonds is 40. The molecule has 96 heavy (non-hydrogen) atoms. The van der Waals surface area contributed by atoms with Crippen molar-refractivity contribution >= 4 is 65.8 Å². The Bertz CT molecular complexity index is 2770. The van der Waals surface area contributed by atoms with Gasteiger partial charge in [-0.05, 0) is 86.3 Å². The fourth-order valence-electron chi connectivity index (χ4n) is 9.73. The van der Waals surface area contributed by atoms with Crippen molar-refractivity contribution in [2.75, 3.05) is 113 Å². The summed E-state index contributed by atoms with van der Waals surface area (Å²) in [6.07, 6.45) is -1.63. The van der Waals surface area contributed by atoms with Crippen LogP contribution in [0, 0.1) is 18.3 Å². The molecule has 2 fully saturated rings. The largest absolute Gasteiger partial charge is 0.508 e. The number of carbonyl (C=O) groups is 10. The SMILES string of the molecule is C#CCOCCOCCOCCOCCC(=O)N(CCCCNC(=O)CO[C@@H]([C@@H]1OC(C(=O)OC)=C[C@H](NC(=C)NC(=O)OC(C)(C)C)[C@H]1NC(C)=O)[C@H]1COC(=O)O1)CCCCC(=O)CO[C@@H]([C@@H]1OC(C(=O)OC)=C[C@H](N=C(C)NC(=O)OC(C)(C)C)[C@H]1C)[C@H]1COC(=O)O1. The average molecular weight is 1370 g/mol. The van der Waals surface area contributed by atoms with Crippen LogP contribution in [0.5, 0.6) is 0 Å². The third-order valence-corrected chi connectivity index (χ3v) is 14.0. The number of ketones is 1. The topological polar surface area (TPSA) is 394 Å². The molecule has 538 valence electrons. The molecule has 10 atom stereocenters. The number of hydrogen-bond donors (Lipinski definition) is 5. The smallest absolute Gasteiger partial charge is 0.480 e. The first-order chi connectivity index (χ1) is 45.5. The molecule has 2 saturated heterocycles. The highest BCUT2D eigenvalue weighted by molar-refractivity contribution is 5.94. The standard InChI is InChI=1S/C63H95N7O26/c1-14-24-83-26-28-85-30-31-86-29-27-84-25-20-50(74)70(22-17-15-19-42(72)34-87-53(47-35-89-60(79)93-47)52-38(2)43(32-45(91-52)56(75)81-12)65-39(3)67-58(77)95-62(6,7)8)23-18-16-21-64-49(73)37-88-54(48-36-90-61(80)94-48)55-51(69-41(5)71)44(33-46(92-55)57(76)82-13)66-40(4)68-59(78)96-63(9,10)11/h1,32-33,38,43-44,47-48,51-55,66H,4,15-31,34-37H2,2-3,5-13H3,(H,64,73)(H,68,78)(H,69,71)(H,65,67,77)/t38-,43+,44+,47-,48-,51-,52-,53-,54-,55-/m1/s1. The molecule has 0 aromatic carbocycles. The molecule has 0 unspecified atom stereocenters. The molecule has 0 bridgehead atoms. The quantitative estimate of drug-likeness (QED) is 0.0147. The summed E-state index contributed by atoms with van der Waals surface area (Å²) in [4.78, 5) is 136. The minimum atomic E-state index is -1.40. The second kappa shape index (κ2) is 41.0. The van der Waals surface area contributed by atoms with Gasteiger partial charge in [0, 0.05) is 38.9 Å². The molecule has 0 aliphatic carbocycles. The van der Waals surface area contributed by atoms with Gasteiger partial charge in [0.15, 0.2) is 24.1 Å². The van der Waals surface area contributed by atoms with Gasteiger partial charge in [0.1, 0.15) is 74.2 Å². The molecule has 0 aromatic heterocycles. The van der Waals surface area contributed by atoms with E-state index >= 15 is 0 Å². The fraction of sp³-hybridized carbons (Fsp3) is 0.698. The molecule has 5 N–H and O–H groups in total. The van der Waals surface area contributed by atoms with Gasteiger partial charge in [-0.1, -0.05) is 19.4 Å². The molecule has 0 aromatic rings. The van der Waals surface area contributed by atoms with Gasteiger partial charge in [0.05, 0.1) is 85.0 Å². The predicted molar refractivity (Wildman–Crippen MR) is 335 cm³/mol. The van der Waals surface area contributed by atoms with Crippen molar-refractivity contribution in [3.63, 3.8) is 0 Å². The molecular weight excluding hydrogens is 1270 g/mol. The maximum Gasteiger partial charge on any atom is 0.508 e. The third-order valence-electron chi connectivity index (χ3n) is 14.0. The number of terminal acetylenes is 1. The van der Waals surface area contributed by atoms with E-state index in [-0.39, 0.29) is 107 Å². The summed E-state index contributed by atoms with van der Waals surface area (Å²) in [5, 5.41) is 13.5. The number of Topliss-reactive ketones (excluding diaryl/α,β-unsaturated/α-hetero) is 1. The van der Waals surface area contributed by atoms with E-state index < -0.39 is 133 Å². The Hall–Kier alpha value is -8.29. The highest BCUT2D eigenvalue weighted by atomic mass is 16.8. The Balaban J connectivity index is 1.40. The highest BCUT2D eigenvalue weighted by Gasteiger charge is 2.50. The fourth-order valence-corrected chi connectivity index (χ4v) is 9.73. The number of cyclic esters (lactones) is 4. The lowest BCUT2D eigenvalue weighted by Crippen LogP contribution is -2.64. The number of ether oxygens (including phenoxy) is 16. The molecule has 4 aliphatic heterocycles. The zero-order chi connectivity index (χ0) is 71.0. The number of methoxy groups -OCH3 is 2. The van der Waals surface area contributed by atoms with Gasteiger partial charge >= 0.3 is 36.4 Å². The molecule has 33 heteroatoms. The van der Waals surface area contributed by atoms with Crippen molar-refractivity contribution in [1.29, 1.82) is 0 Å². The van der Waals surface area contributed by atoms with Gasteiger partial charge in [-0.3, -0.25) is 34.8 Å². The van der Waals surface area contributed by atoms with Gasteiger partial charge in [0.2, 0.25) is 29.2 Å². The van der Waals surface area contributed by atoms with Gasteiger partial charge in [-0.15, -0.1) is 6.42 Å². The summed E-state index contributed by atoms with van der Waals surface area (Å²) in [5.41, 5.74) is -1.66. The van der Waals surface area contributed by atoms with Gasteiger partial charge in [0.25, 0.3) is 0 Å². The Labute approximate surface area is 558 Å². The van der Waals surface area contributed by atoms with Crippen molar-refractivity contribution in [1.82, 2.24) is 31.5 Å². The number of amides is 5. The van der Waals surface area contributed by atoms with E-state index in [1.807, 2.05) is 0 Å². The number of aliphatic imine (C=N–C) groups is 1. The molecule has 0 saturated carbocycles. The number of amidine groups is 1. The third kappa shape index (κ3) is 29.8. The number of hydrogen-bond acceptors (Lipinski definition) is 28. The molecule has 4 rings (SSSR count). The lowest BCUT2D eigenvalue weighted by Gasteiger charge is -2.41. The van der Waals surface area contributed by atoms with E-state index in [1.54, 1.807) is 53.4 Å². The van der Waals surface area contributed by atoms with Crippen LogP contribution in [-0.2, 0) is 105 Å². The van der Waals surface area contributed by atoms with Crippen LogP contribution in [0.3, 0.4) is 0 Å². The first-order valence-corrected chi connectivity index (χ1v) is 31.4. The zero-order valence-corrected chi connectivity index (χ0v) is 56.6. The van der Waals surface area contributed by atoms with Crippen LogP contribution in [0.4, 0.5) is 19.2 Å². The molecule has 0 radical (unpaired) electrons. The van der Waals surface area contributed by atoms with Crippen LogP contribution in [0.25, 0.3) is 0 Å². The maximum atomic E-state index is 13.8. The van der Waals surface area contributed by atoms with Crippen LogP contribution in [0.2, 0.25) is 0 Å². The van der Waals surface area contributed by atoms with E-state index in [1.165, 1.54) is 26.0 Å². The second-order valence-corrected chi connectivity index (χ2v) is 24.2.